The predicted octanol–water partition coefficient (Wildman–Crippen LogP) is 4.83. The van der Waals surface area contributed by atoms with Crippen molar-refractivity contribution < 1.29 is 4.74 Å². The zero-order valence-corrected chi connectivity index (χ0v) is 11.3. The molecule has 0 N–H and O–H groups in total. The van der Waals surface area contributed by atoms with E-state index in [1.165, 1.54) is 5.56 Å². The van der Waals surface area contributed by atoms with E-state index in [0.717, 1.165) is 5.75 Å². The standard InChI is InChI=1S/C10H14O.2C2H6/c1-8(2)11-10-6-4-5-9(3)7-10;2*1-2/h4-8H,1-3H3;2*1-2H3. The van der Waals surface area contributed by atoms with Gasteiger partial charge in [-0.1, -0.05) is 39.8 Å². The first-order chi connectivity index (χ1) is 7.18. The number of ether oxygens (including phenoxy) is 1. The zero-order chi connectivity index (χ0) is 12.3. The van der Waals surface area contributed by atoms with E-state index in [9.17, 15) is 0 Å². The predicted molar refractivity (Wildman–Crippen MR) is 69.6 cm³/mol. The van der Waals surface area contributed by atoms with Gasteiger partial charge in [-0.05, 0) is 38.5 Å². The van der Waals surface area contributed by atoms with E-state index in [4.69, 9.17) is 4.74 Å². The summed E-state index contributed by atoms with van der Waals surface area (Å²) in [4.78, 5) is 0. The Kier molecular flexibility index (Phi) is 12.2. The molecule has 0 radical (unpaired) electrons. The Balaban J connectivity index is 0. The summed E-state index contributed by atoms with van der Waals surface area (Å²) in [6, 6.07) is 8.09. The molecule has 0 aliphatic carbocycles. The van der Waals surface area contributed by atoms with Crippen LogP contribution in [0.3, 0.4) is 0 Å². The molecular weight excluding hydrogens is 184 g/mol. The van der Waals surface area contributed by atoms with Gasteiger partial charge in [-0.25, -0.2) is 0 Å². The minimum atomic E-state index is 0.261. The molecule has 0 atom stereocenters. The van der Waals surface area contributed by atoms with Crippen LogP contribution in [0.4, 0.5) is 0 Å². The van der Waals surface area contributed by atoms with Crippen LogP contribution in [0.2, 0.25) is 0 Å². The van der Waals surface area contributed by atoms with Gasteiger partial charge in [-0.3, -0.25) is 0 Å². The second-order valence-electron chi connectivity index (χ2n) is 2.98. The van der Waals surface area contributed by atoms with Gasteiger partial charge in [0.25, 0.3) is 0 Å². The van der Waals surface area contributed by atoms with E-state index in [2.05, 4.69) is 13.0 Å². The van der Waals surface area contributed by atoms with Crippen LogP contribution in [0.15, 0.2) is 24.3 Å². The van der Waals surface area contributed by atoms with Gasteiger partial charge in [0.2, 0.25) is 0 Å². The summed E-state index contributed by atoms with van der Waals surface area (Å²) in [5, 5.41) is 0. The average Bonchev–Trinajstić information content (AvgIpc) is 2.23. The lowest BCUT2D eigenvalue weighted by Crippen LogP contribution is -2.05. The van der Waals surface area contributed by atoms with Crippen molar-refractivity contribution in [3.63, 3.8) is 0 Å². The highest BCUT2D eigenvalue weighted by Crippen LogP contribution is 2.13. The van der Waals surface area contributed by atoms with Gasteiger partial charge < -0.3 is 4.74 Å². The smallest absolute Gasteiger partial charge is 0.119 e. The molecule has 0 spiro atoms. The molecule has 0 fully saturated rings. The summed E-state index contributed by atoms with van der Waals surface area (Å²) >= 11 is 0. The lowest BCUT2D eigenvalue weighted by atomic mass is 10.2. The topological polar surface area (TPSA) is 9.23 Å². The van der Waals surface area contributed by atoms with Gasteiger partial charge in [0.05, 0.1) is 6.10 Å². The maximum absolute atomic E-state index is 5.50. The fraction of sp³-hybridized carbons (Fsp3) is 0.571. The normalized spacial score (nSPS) is 8.27. The molecule has 0 saturated carbocycles. The Bertz CT molecular complexity index is 229. The molecule has 0 bridgehead atoms. The fourth-order valence-corrected chi connectivity index (χ4v) is 0.961. The van der Waals surface area contributed by atoms with Gasteiger partial charge in [0.1, 0.15) is 5.75 Å². The van der Waals surface area contributed by atoms with Crippen LogP contribution in [-0.2, 0) is 0 Å². The van der Waals surface area contributed by atoms with Crippen LogP contribution in [0.1, 0.15) is 47.1 Å². The highest BCUT2D eigenvalue weighted by atomic mass is 16.5. The first-order valence-electron chi connectivity index (χ1n) is 5.92. The monoisotopic (exact) mass is 210 g/mol. The lowest BCUT2D eigenvalue weighted by Gasteiger charge is -2.09. The molecule has 0 heterocycles. The van der Waals surface area contributed by atoms with Crippen molar-refractivity contribution in [3.8, 4) is 5.75 Å². The molecule has 0 saturated heterocycles. The van der Waals surface area contributed by atoms with Crippen molar-refractivity contribution >= 4 is 0 Å². The summed E-state index contributed by atoms with van der Waals surface area (Å²) in [7, 11) is 0. The molecule has 1 rings (SSSR count). The van der Waals surface area contributed by atoms with Crippen molar-refractivity contribution in [3.05, 3.63) is 29.8 Å². The Labute approximate surface area is 95.5 Å². The second kappa shape index (κ2) is 11.1. The number of aryl methyl sites for hydroxylation is 1. The summed E-state index contributed by atoms with van der Waals surface area (Å²) in [6.07, 6.45) is 0.261. The molecule has 15 heavy (non-hydrogen) atoms. The van der Waals surface area contributed by atoms with Crippen LogP contribution in [-0.4, -0.2) is 6.10 Å². The van der Waals surface area contributed by atoms with Crippen molar-refractivity contribution in [1.29, 1.82) is 0 Å². The quantitative estimate of drug-likeness (QED) is 0.679. The summed E-state index contributed by atoms with van der Waals surface area (Å²) in [6.45, 7) is 14.1. The molecule has 1 heteroatoms. The van der Waals surface area contributed by atoms with Gasteiger partial charge in [0, 0.05) is 0 Å². The highest BCUT2D eigenvalue weighted by Gasteiger charge is 1.95. The molecule has 88 valence electrons. The minimum absolute atomic E-state index is 0.261. The first-order valence-corrected chi connectivity index (χ1v) is 5.92. The third-order valence-electron chi connectivity index (χ3n) is 1.36. The average molecular weight is 210 g/mol. The van der Waals surface area contributed by atoms with Crippen LogP contribution >= 0.6 is 0 Å². The lowest BCUT2D eigenvalue weighted by molar-refractivity contribution is 0.242. The summed E-state index contributed by atoms with van der Waals surface area (Å²) in [5.74, 6) is 0.958. The highest BCUT2D eigenvalue weighted by molar-refractivity contribution is 5.27. The Morgan fingerprint density at radius 3 is 1.93 bits per heavy atom. The second-order valence-corrected chi connectivity index (χ2v) is 2.98. The third-order valence-corrected chi connectivity index (χ3v) is 1.36. The van der Waals surface area contributed by atoms with Crippen molar-refractivity contribution in [1.82, 2.24) is 0 Å². The van der Waals surface area contributed by atoms with Crippen LogP contribution in [0, 0.1) is 6.92 Å². The largest absolute Gasteiger partial charge is 0.491 e. The summed E-state index contributed by atoms with van der Waals surface area (Å²) < 4.78 is 5.50. The van der Waals surface area contributed by atoms with Crippen LogP contribution < -0.4 is 4.74 Å². The van der Waals surface area contributed by atoms with E-state index in [0.29, 0.717) is 0 Å². The van der Waals surface area contributed by atoms with Crippen LogP contribution in [0.25, 0.3) is 0 Å². The maximum atomic E-state index is 5.50. The molecule has 1 aromatic carbocycles. The summed E-state index contributed by atoms with van der Waals surface area (Å²) in [5.41, 5.74) is 1.24. The SMILES string of the molecule is CC.CC.Cc1cccc(OC(C)C)c1. The van der Waals surface area contributed by atoms with Gasteiger partial charge >= 0.3 is 0 Å². The molecular formula is C14H26O. The first kappa shape index (κ1) is 16.4. The molecule has 0 aliphatic heterocycles. The van der Waals surface area contributed by atoms with Gasteiger partial charge in [-0.2, -0.15) is 0 Å². The zero-order valence-electron chi connectivity index (χ0n) is 11.3. The van der Waals surface area contributed by atoms with E-state index in [1.54, 1.807) is 0 Å². The maximum Gasteiger partial charge on any atom is 0.119 e. The number of hydrogen-bond acceptors (Lipinski definition) is 1. The fourth-order valence-electron chi connectivity index (χ4n) is 0.961. The molecule has 0 amide bonds. The molecule has 0 aliphatic rings. The Hall–Kier alpha value is -0.980. The molecule has 0 aromatic heterocycles. The van der Waals surface area contributed by atoms with Crippen molar-refractivity contribution in [2.24, 2.45) is 0 Å². The van der Waals surface area contributed by atoms with Crippen LogP contribution in [0.5, 0.6) is 5.75 Å². The van der Waals surface area contributed by atoms with Crippen molar-refractivity contribution in [2.75, 3.05) is 0 Å². The third kappa shape index (κ3) is 9.33. The molecule has 0 unspecified atom stereocenters. The number of benzene rings is 1. The Morgan fingerprint density at radius 2 is 1.53 bits per heavy atom. The molecule has 1 nitrogen and oxygen atoms in total. The van der Waals surface area contributed by atoms with Crippen molar-refractivity contribution in [2.45, 2.75) is 54.6 Å². The number of hydrogen-bond donors (Lipinski definition) is 0. The molecule has 1 aromatic rings. The van der Waals surface area contributed by atoms with E-state index >= 15 is 0 Å². The van der Waals surface area contributed by atoms with Gasteiger partial charge in [-0.15, -0.1) is 0 Å². The van der Waals surface area contributed by atoms with E-state index < -0.39 is 0 Å². The minimum Gasteiger partial charge on any atom is -0.491 e. The Morgan fingerprint density at radius 1 is 1.00 bits per heavy atom. The van der Waals surface area contributed by atoms with E-state index in [-0.39, 0.29) is 6.10 Å². The van der Waals surface area contributed by atoms with Gasteiger partial charge in [0.15, 0.2) is 0 Å². The number of rotatable bonds is 2. The van der Waals surface area contributed by atoms with E-state index in [1.807, 2.05) is 59.7 Å².